The van der Waals surface area contributed by atoms with Crippen LogP contribution in [0.3, 0.4) is 0 Å². The summed E-state index contributed by atoms with van der Waals surface area (Å²) in [5.74, 6) is 0. The summed E-state index contributed by atoms with van der Waals surface area (Å²) in [7, 11) is 0. The molecular formula is C42H29N3. The third-order valence-electron chi connectivity index (χ3n) is 8.91. The average Bonchev–Trinajstić information content (AvgIpc) is 3.63. The van der Waals surface area contributed by atoms with E-state index in [1.807, 2.05) is 0 Å². The molecule has 7 aromatic carbocycles. The van der Waals surface area contributed by atoms with Crippen molar-refractivity contribution in [2.24, 2.45) is 0 Å². The first-order chi connectivity index (χ1) is 22.3. The lowest BCUT2D eigenvalue weighted by atomic mass is 10.1. The number of anilines is 3. The van der Waals surface area contributed by atoms with Gasteiger partial charge in [0.1, 0.15) is 0 Å². The maximum absolute atomic E-state index is 2.36. The van der Waals surface area contributed by atoms with Gasteiger partial charge in [-0.2, -0.15) is 0 Å². The minimum atomic E-state index is 1.11. The first-order valence-corrected chi connectivity index (χ1v) is 15.4. The molecule has 3 heteroatoms. The van der Waals surface area contributed by atoms with E-state index in [2.05, 4.69) is 190 Å². The Morgan fingerprint density at radius 2 is 0.556 bits per heavy atom. The SMILES string of the molecule is c1ccc(N(c2ccc(-n3c4ccccc4c4ccccc43)cc2)c2ccc(-n3c4ccccc4c4ccccc43)cc2)cc1. The molecule has 0 radical (unpaired) electrons. The van der Waals surface area contributed by atoms with Crippen LogP contribution in [0.15, 0.2) is 176 Å². The maximum atomic E-state index is 2.36. The van der Waals surface area contributed by atoms with Crippen molar-refractivity contribution in [3.05, 3.63) is 176 Å². The lowest BCUT2D eigenvalue weighted by molar-refractivity contribution is 1.17. The zero-order valence-electron chi connectivity index (χ0n) is 24.6. The molecule has 0 saturated carbocycles. The molecule has 0 saturated heterocycles. The quantitative estimate of drug-likeness (QED) is 0.199. The van der Waals surface area contributed by atoms with Crippen LogP contribution in [0.25, 0.3) is 55.0 Å². The van der Waals surface area contributed by atoms with E-state index in [0.717, 1.165) is 28.4 Å². The smallest absolute Gasteiger partial charge is 0.0541 e. The Bertz CT molecular complexity index is 2200. The molecule has 0 fully saturated rings. The molecule has 0 bridgehead atoms. The van der Waals surface area contributed by atoms with Crippen molar-refractivity contribution in [3.63, 3.8) is 0 Å². The summed E-state index contributed by atoms with van der Waals surface area (Å²) in [4.78, 5) is 2.32. The van der Waals surface area contributed by atoms with Crippen molar-refractivity contribution in [1.29, 1.82) is 0 Å². The molecule has 0 N–H and O–H groups in total. The summed E-state index contributed by atoms with van der Waals surface area (Å²) in [6.45, 7) is 0. The molecule has 3 nitrogen and oxygen atoms in total. The molecule has 45 heavy (non-hydrogen) atoms. The highest BCUT2D eigenvalue weighted by Crippen LogP contribution is 2.38. The fourth-order valence-corrected chi connectivity index (χ4v) is 6.93. The van der Waals surface area contributed by atoms with Gasteiger partial charge in [-0.05, 0) is 84.9 Å². The Morgan fingerprint density at radius 3 is 0.911 bits per heavy atom. The maximum Gasteiger partial charge on any atom is 0.0541 e. The fourth-order valence-electron chi connectivity index (χ4n) is 6.93. The van der Waals surface area contributed by atoms with E-state index in [4.69, 9.17) is 0 Å². The highest BCUT2D eigenvalue weighted by Gasteiger charge is 2.16. The van der Waals surface area contributed by atoms with Gasteiger partial charge in [-0.15, -0.1) is 0 Å². The molecule has 9 aromatic rings. The molecule has 2 aromatic heterocycles. The second kappa shape index (κ2) is 10.3. The number of fused-ring (bicyclic) bond motifs is 6. The van der Waals surface area contributed by atoms with Crippen LogP contribution in [-0.2, 0) is 0 Å². The number of para-hydroxylation sites is 5. The van der Waals surface area contributed by atoms with Crippen molar-refractivity contribution in [2.45, 2.75) is 0 Å². The normalized spacial score (nSPS) is 11.6. The molecule has 0 aliphatic rings. The van der Waals surface area contributed by atoms with Crippen molar-refractivity contribution in [3.8, 4) is 11.4 Å². The van der Waals surface area contributed by atoms with Gasteiger partial charge in [-0.25, -0.2) is 0 Å². The van der Waals surface area contributed by atoms with Crippen LogP contribution in [0.2, 0.25) is 0 Å². The molecule has 0 aliphatic carbocycles. The van der Waals surface area contributed by atoms with Crippen molar-refractivity contribution in [2.75, 3.05) is 4.90 Å². The van der Waals surface area contributed by atoms with Gasteiger partial charge in [0, 0.05) is 50.0 Å². The Hall–Kier alpha value is -6.06. The molecule has 0 atom stereocenters. The number of nitrogens with zero attached hydrogens (tertiary/aromatic N) is 3. The van der Waals surface area contributed by atoms with Crippen molar-refractivity contribution >= 4 is 60.7 Å². The summed E-state index contributed by atoms with van der Waals surface area (Å²) < 4.78 is 4.73. The van der Waals surface area contributed by atoms with Crippen LogP contribution >= 0.6 is 0 Å². The molecule has 0 spiro atoms. The topological polar surface area (TPSA) is 13.1 Å². The molecule has 212 valence electrons. The number of rotatable bonds is 5. The Balaban J connectivity index is 1.15. The number of hydrogen-bond donors (Lipinski definition) is 0. The van der Waals surface area contributed by atoms with E-state index in [9.17, 15) is 0 Å². The fraction of sp³-hybridized carbons (Fsp3) is 0. The summed E-state index contributed by atoms with van der Waals surface area (Å²) in [6.07, 6.45) is 0. The Labute approximate surface area is 261 Å². The molecule has 0 aliphatic heterocycles. The third kappa shape index (κ3) is 4.05. The molecule has 0 amide bonds. The van der Waals surface area contributed by atoms with Gasteiger partial charge in [-0.3, -0.25) is 0 Å². The zero-order valence-corrected chi connectivity index (χ0v) is 24.6. The first kappa shape index (κ1) is 25.4. The molecule has 0 unspecified atom stereocenters. The summed E-state index contributed by atoms with van der Waals surface area (Å²) in [5, 5.41) is 5.08. The number of benzene rings is 7. The van der Waals surface area contributed by atoms with Crippen LogP contribution < -0.4 is 4.90 Å². The van der Waals surface area contributed by atoms with Gasteiger partial charge in [0.2, 0.25) is 0 Å². The van der Waals surface area contributed by atoms with Gasteiger partial charge < -0.3 is 14.0 Å². The molecule has 2 heterocycles. The van der Waals surface area contributed by atoms with E-state index < -0.39 is 0 Å². The average molecular weight is 576 g/mol. The van der Waals surface area contributed by atoms with E-state index in [1.165, 1.54) is 43.6 Å². The van der Waals surface area contributed by atoms with Crippen LogP contribution in [0.5, 0.6) is 0 Å². The zero-order chi connectivity index (χ0) is 29.7. The third-order valence-corrected chi connectivity index (χ3v) is 8.91. The van der Waals surface area contributed by atoms with E-state index >= 15 is 0 Å². The molecule has 9 rings (SSSR count). The highest BCUT2D eigenvalue weighted by molar-refractivity contribution is 6.10. The first-order valence-electron chi connectivity index (χ1n) is 15.4. The summed E-state index contributed by atoms with van der Waals surface area (Å²) >= 11 is 0. The molecular weight excluding hydrogens is 546 g/mol. The minimum absolute atomic E-state index is 1.11. The summed E-state index contributed by atoms with van der Waals surface area (Å²) in [6, 6.07) is 63.1. The van der Waals surface area contributed by atoms with Crippen molar-refractivity contribution in [1.82, 2.24) is 9.13 Å². The van der Waals surface area contributed by atoms with Gasteiger partial charge in [-0.1, -0.05) is 91.0 Å². The predicted octanol–water partition coefficient (Wildman–Crippen LogP) is 11.4. The lowest BCUT2D eigenvalue weighted by Crippen LogP contribution is -2.10. The predicted molar refractivity (Wildman–Crippen MR) is 190 cm³/mol. The second-order valence-corrected chi connectivity index (χ2v) is 11.4. The standard InChI is InChI=1S/C42H29N3/c1-2-12-30(13-3-1)43(31-22-26-33(27-23-31)44-39-18-8-4-14-35(39)36-15-5-9-19-40(36)44)32-24-28-34(29-25-32)45-41-20-10-6-16-37(41)38-17-7-11-21-42(38)45/h1-29H. The van der Waals surface area contributed by atoms with Gasteiger partial charge >= 0.3 is 0 Å². The van der Waals surface area contributed by atoms with Crippen LogP contribution in [0.4, 0.5) is 17.1 Å². The van der Waals surface area contributed by atoms with E-state index in [1.54, 1.807) is 0 Å². The van der Waals surface area contributed by atoms with Crippen LogP contribution in [-0.4, -0.2) is 9.13 Å². The second-order valence-electron chi connectivity index (χ2n) is 11.4. The van der Waals surface area contributed by atoms with Crippen LogP contribution in [0, 0.1) is 0 Å². The number of aromatic nitrogens is 2. The number of hydrogen-bond acceptors (Lipinski definition) is 1. The van der Waals surface area contributed by atoms with Gasteiger partial charge in [0.25, 0.3) is 0 Å². The largest absolute Gasteiger partial charge is 0.311 e. The van der Waals surface area contributed by atoms with Crippen molar-refractivity contribution < 1.29 is 0 Å². The summed E-state index contributed by atoms with van der Waals surface area (Å²) in [5.41, 5.74) is 10.5. The van der Waals surface area contributed by atoms with Gasteiger partial charge in [0.15, 0.2) is 0 Å². The lowest BCUT2D eigenvalue weighted by Gasteiger charge is -2.26. The monoisotopic (exact) mass is 575 g/mol. The highest BCUT2D eigenvalue weighted by atomic mass is 15.1. The van der Waals surface area contributed by atoms with Crippen LogP contribution in [0.1, 0.15) is 0 Å². The Kier molecular flexibility index (Phi) is 5.82. The Morgan fingerprint density at radius 1 is 0.267 bits per heavy atom. The van der Waals surface area contributed by atoms with E-state index in [0.29, 0.717) is 0 Å². The van der Waals surface area contributed by atoms with E-state index in [-0.39, 0.29) is 0 Å². The minimum Gasteiger partial charge on any atom is -0.311 e. The van der Waals surface area contributed by atoms with Gasteiger partial charge in [0.05, 0.1) is 22.1 Å².